The maximum Gasteiger partial charge on any atom is 0.151 e. The smallest absolute Gasteiger partial charge is 0.151 e. The quantitative estimate of drug-likeness (QED) is 0.626. The van der Waals surface area contributed by atoms with Crippen molar-refractivity contribution in [2.75, 3.05) is 11.4 Å². The van der Waals surface area contributed by atoms with Crippen LogP contribution in [0, 0.1) is 0 Å². The zero-order valence-corrected chi connectivity index (χ0v) is 6.94. The van der Waals surface area contributed by atoms with Gasteiger partial charge in [0.2, 0.25) is 0 Å². The summed E-state index contributed by atoms with van der Waals surface area (Å²) in [6.45, 7) is 0.833. The number of aliphatic imine (C=N–C) groups is 2. The van der Waals surface area contributed by atoms with Crippen molar-refractivity contribution in [1.82, 2.24) is 4.98 Å². The van der Waals surface area contributed by atoms with Crippen molar-refractivity contribution in [1.29, 1.82) is 0 Å². The van der Waals surface area contributed by atoms with E-state index in [4.69, 9.17) is 0 Å². The van der Waals surface area contributed by atoms with Crippen molar-refractivity contribution in [2.24, 2.45) is 9.98 Å². The van der Waals surface area contributed by atoms with E-state index in [2.05, 4.69) is 19.9 Å². The molecule has 4 nitrogen and oxygen atoms in total. The average molecular weight is 172 g/mol. The summed E-state index contributed by atoms with van der Waals surface area (Å²) in [5.41, 5.74) is 2.18. The Balaban J connectivity index is 2.19. The molecular formula is C9H8N4. The fourth-order valence-corrected chi connectivity index (χ4v) is 1.60. The minimum atomic E-state index is 0.833. The predicted molar refractivity (Wildman–Crippen MR) is 52.3 cm³/mol. The maximum atomic E-state index is 4.23. The third-order valence-corrected chi connectivity index (χ3v) is 2.20. The van der Waals surface area contributed by atoms with Crippen molar-refractivity contribution in [3.05, 3.63) is 30.0 Å². The number of anilines is 1. The predicted octanol–water partition coefficient (Wildman–Crippen LogP) is 1.14. The fourth-order valence-electron chi connectivity index (χ4n) is 1.60. The van der Waals surface area contributed by atoms with Crippen LogP contribution in [-0.4, -0.2) is 24.0 Å². The van der Waals surface area contributed by atoms with Gasteiger partial charge in [-0.1, -0.05) is 0 Å². The van der Waals surface area contributed by atoms with Gasteiger partial charge in [-0.2, -0.15) is 0 Å². The van der Waals surface area contributed by atoms with Gasteiger partial charge in [-0.3, -0.25) is 4.99 Å². The largest absolute Gasteiger partial charge is 0.359 e. The molecule has 3 heterocycles. The lowest BCUT2D eigenvalue weighted by Gasteiger charge is -2.15. The molecule has 0 fully saturated rings. The Bertz CT molecular complexity index is 425. The highest BCUT2D eigenvalue weighted by molar-refractivity contribution is 5.90. The number of H-pyrrole nitrogens is 1. The molecule has 64 valence electrons. The summed E-state index contributed by atoms with van der Waals surface area (Å²) >= 11 is 0. The molecule has 0 bridgehead atoms. The van der Waals surface area contributed by atoms with Crippen LogP contribution in [0.5, 0.6) is 0 Å². The Morgan fingerprint density at radius 1 is 1.46 bits per heavy atom. The van der Waals surface area contributed by atoms with E-state index in [0.717, 1.165) is 23.7 Å². The molecule has 4 heteroatoms. The Labute approximate surface area is 75.3 Å². The second kappa shape index (κ2) is 2.32. The van der Waals surface area contributed by atoms with Crippen LogP contribution < -0.4 is 4.90 Å². The van der Waals surface area contributed by atoms with Crippen molar-refractivity contribution >= 4 is 18.1 Å². The van der Waals surface area contributed by atoms with Gasteiger partial charge in [0, 0.05) is 12.4 Å². The monoisotopic (exact) mass is 172 g/mol. The lowest BCUT2D eigenvalue weighted by Crippen LogP contribution is -2.17. The summed E-state index contributed by atoms with van der Waals surface area (Å²) in [6, 6.07) is 2.04. The Hall–Kier alpha value is -1.84. The topological polar surface area (TPSA) is 43.8 Å². The van der Waals surface area contributed by atoms with Crippen molar-refractivity contribution in [2.45, 2.75) is 0 Å². The lowest BCUT2D eigenvalue weighted by molar-refractivity contribution is 1.07. The van der Waals surface area contributed by atoms with E-state index >= 15 is 0 Å². The van der Waals surface area contributed by atoms with E-state index in [9.17, 15) is 0 Å². The summed E-state index contributed by atoms with van der Waals surface area (Å²) in [4.78, 5) is 13.6. The zero-order chi connectivity index (χ0) is 8.67. The van der Waals surface area contributed by atoms with Gasteiger partial charge in [-0.15, -0.1) is 0 Å². The van der Waals surface area contributed by atoms with E-state index < -0.39 is 0 Å². The molecule has 13 heavy (non-hydrogen) atoms. The highest BCUT2D eigenvalue weighted by Gasteiger charge is 2.19. The maximum absolute atomic E-state index is 4.23. The Morgan fingerprint density at radius 2 is 2.46 bits per heavy atom. The summed E-state index contributed by atoms with van der Waals surface area (Å²) in [7, 11) is 0. The number of aromatic nitrogens is 1. The van der Waals surface area contributed by atoms with Crippen LogP contribution in [0.1, 0.15) is 5.69 Å². The zero-order valence-electron chi connectivity index (χ0n) is 6.94. The number of hydrogen-bond donors (Lipinski definition) is 1. The number of nitrogens with one attached hydrogen (secondary N) is 1. The van der Waals surface area contributed by atoms with E-state index in [-0.39, 0.29) is 0 Å². The third kappa shape index (κ3) is 0.853. The second-order valence-corrected chi connectivity index (χ2v) is 2.96. The average Bonchev–Trinajstić information content (AvgIpc) is 2.72. The Kier molecular flexibility index (Phi) is 1.19. The number of fused-ring (bicyclic) bond motifs is 3. The van der Waals surface area contributed by atoms with Gasteiger partial charge in [-0.25, -0.2) is 4.99 Å². The van der Waals surface area contributed by atoms with E-state index in [1.807, 2.05) is 24.7 Å². The highest BCUT2D eigenvalue weighted by atomic mass is 15.3. The number of nitrogens with zero attached hydrogens (tertiary/aromatic N) is 3. The summed E-state index contributed by atoms with van der Waals surface area (Å²) in [5, 5.41) is 0. The van der Waals surface area contributed by atoms with Crippen LogP contribution in [0.25, 0.3) is 0 Å². The Morgan fingerprint density at radius 3 is 3.46 bits per heavy atom. The number of aromatic amines is 1. The first-order chi connectivity index (χ1) is 6.45. The standard InChI is InChI=1S/C9H8N4/c1-2-11-7-5-10-6-9-12-3-4-13(9)8(1)7/h1-3,5-6,11H,4H2. The van der Waals surface area contributed by atoms with Crippen LogP contribution in [0.15, 0.2) is 34.3 Å². The molecule has 1 aromatic heterocycles. The molecule has 0 saturated carbocycles. The summed E-state index contributed by atoms with van der Waals surface area (Å²) < 4.78 is 0. The van der Waals surface area contributed by atoms with Crippen molar-refractivity contribution in [3.8, 4) is 0 Å². The highest BCUT2D eigenvalue weighted by Crippen LogP contribution is 2.26. The molecule has 2 aliphatic heterocycles. The summed E-state index contributed by atoms with van der Waals surface area (Å²) in [6.07, 6.45) is 7.40. The molecule has 1 N–H and O–H groups in total. The van der Waals surface area contributed by atoms with Crippen molar-refractivity contribution in [3.63, 3.8) is 0 Å². The van der Waals surface area contributed by atoms with E-state index in [1.54, 1.807) is 6.20 Å². The number of hydrogen-bond acceptors (Lipinski definition) is 3. The minimum Gasteiger partial charge on any atom is -0.359 e. The van der Waals surface area contributed by atoms with E-state index in [0.29, 0.717) is 0 Å². The molecular weight excluding hydrogens is 164 g/mol. The molecule has 0 unspecified atom stereocenters. The second-order valence-electron chi connectivity index (χ2n) is 2.96. The first-order valence-corrected chi connectivity index (χ1v) is 4.16. The van der Waals surface area contributed by atoms with Crippen LogP contribution in [0.3, 0.4) is 0 Å². The fraction of sp³-hybridized carbons (Fsp3) is 0.111. The van der Waals surface area contributed by atoms with Gasteiger partial charge >= 0.3 is 0 Å². The van der Waals surface area contributed by atoms with Crippen molar-refractivity contribution < 1.29 is 0 Å². The van der Waals surface area contributed by atoms with Gasteiger partial charge in [-0.05, 0) is 6.07 Å². The van der Waals surface area contributed by atoms with Gasteiger partial charge in [0.25, 0.3) is 0 Å². The molecule has 0 amide bonds. The van der Waals surface area contributed by atoms with Crippen LogP contribution in [0.2, 0.25) is 0 Å². The summed E-state index contributed by atoms with van der Waals surface area (Å²) in [5.74, 6) is 0.912. The SMILES string of the molecule is C1=NC=C2N=CCN2c2cc[nH]c21. The molecule has 0 radical (unpaired) electrons. The molecule has 0 aromatic carbocycles. The lowest BCUT2D eigenvalue weighted by atomic mass is 10.3. The van der Waals surface area contributed by atoms with Crippen LogP contribution in [0.4, 0.5) is 5.69 Å². The molecule has 0 atom stereocenters. The molecule has 0 spiro atoms. The van der Waals surface area contributed by atoms with Crippen LogP contribution in [-0.2, 0) is 0 Å². The first-order valence-electron chi connectivity index (χ1n) is 4.16. The van der Waals surface area contributed by atoms with Gasteiger partial charge < -0.3 is 9.88 Å². The van der Waals surface area contributed by atoms with Gasteiger partial charge in [0.1, 0.15) is 0 Å². The van der Waals surface area contributed by atoms with Crippen LogP contribution >= 0.6 is 0 Å². The molecule has 2 aliphatic rings. The molecule has 3 rings (SSSR count). The molecule has 0 saturated heterocycles. The van der Waals surface area contributed by atoms with E-state index in [1.165, 1.54) is 0 Å². The minimum absolute atomic E-state index is 0.833. The normalized spacial score (nSPS) is 18.2. The number of rotatable bonds is 0. The first kappa shape index (κ1) is 6.65. The van der Waals surface area contributed by atoms with Gasteiger partial charge in [0.15, 0.2) is 5.82 Å². The molecule has 0 aliphatic carbocycles. The van der Waals surface area contributed by atoms with Gasteiger partial charge in [0.05, 0.1) is 30.3 Å². The third-order valence-electron chi connectivity index (χ3n) is 2.20. The molecule has 1 aromatic rings.